The monoisotopic (exact) mass is 157 g/mol. The molecule has 2 N–H and O–H groups in total. The SMILES string of the molecule is CN(N)c1cc(Cl)ccn1. The van der Waals surface area contributed by atoms with Gasteiger partial charge in [-0.2, -0.15) is 0 Å². The van der Waals surface area contributed by atoms with E-state index in [4.69, 9.17) is 17.4 Å². The summed E-state index contributed by atoms with van der Waals surface area (Å²) in [4.78, 5) is 3.96. The fourth-order valence-corrected chi connectivity index (χ4v) is 0.740. The van der Waals surface area contributed by atoms with Gasteiger partial charge in [0.1, 0.15) is 5.82 Å². The number of nitrogens with two attached hydrogens (primary N) is 1. The molecule has 4 heteroatoms. The zero-order valence-corrected chi connectivity index (χ0v) is 6.34. The lowest BCUT2D eigenvalue weighted by atomic mass is 10.4. The third kappa shape index (κ3) is 1.59. The Morgan fingerprint density at radius 3 is 2.80 bits per heavy atom. The zero-order valence-electron chi connectivity index (χ0n) is 5.58. The van der Waals surface area contributed by atoms with Crippen LogP contribution in [-0.4, -0.2) is 12.0 Å². The van der Waals surface area contributed by atoms with Crippen molar-refractivity contribution < 1.29 is 0 Å². The van der Waals surface area contributed by atoms with Gasteiger partial charge in [0.15, 0.2) is 0 Å². The fourth-order valence-electron chi connectivity index (χ4n) is 0.586. The van der Waals surface area contributed by atoms with E-state index in [1.165, 1.54) is 5.01 Å². The Morgan fingerprint density at radius 1 is 1.70 bits per heavy atom. The highest BCUT2D eigenvalue weighted by Gasteiger charge is 1.95. The molecule has 0 unspecified atom stereocenters. The first-order chi connectivity index (χ1) is 4.70. The first-order valence-electron chi connectivity index (χ1n) is 2.80. The van der Waals surface area contributed by atoms with Crippen LogP contribution >= 0.6 is 11.6 Å². The highest BCUT2D eigenvalue weighted by atomic mass is 35.5. The van der Waals surface area contributed by atoms with E-state index in [2.05, 4.69) is 4.98 Å². The quantitative estimate of drug-likeness (QED) is 0.490. The second-order valence-corrected chi connectivity index (χ2v) is 2.38. The molecule has 0 fully saturated rings. The van der Waals surface area contributed by atoms with E-state index in [0.29, 0.717) is 10.8 Å². The van der Waals surface area contributed by atoms with E-state index < -0.39 is 0 Å². The Hall–Kier alpha value is -0.800. The lowest BCUT2D eigenvalue weighted by molar-refractivity contribution is 0.977. The van der Waals surface area contributed by atoms with E-state index in [1.807, 2.05) is 0 Å². The molecule has 1 rings (SSSR count). The number of hydrogen-bond acceptors (Lipinski definition) is 3. The van der Waals surface area contributed by atoms with Gasteiger partial charge in [-0.3, -0.25) is 5.01 Å². The molecule has 3 nitrogen and oxygen atoms in total. The summed E-state index contributed by atoms with van der Waals surface area (Å²) in [7, 11) is 1.71. The maximum Gasteiger partial charge on any atom is 0.143 e. The molecule has 0 amide bonds. The van der Waals surface area contributed by atoms with Crippen molar-refractivity contribution in [3.63, 3.8) is 0 Å². The summed E-state index contributed by atoms with van der Waals surface area (Å²) >= 11 is 5.67. The summed E-state index contributed by atoms with van der Waals surface area (Å²) in [5, 5.41) is 2.05. The number of aromatic nitrogens is 1. The van der Waals surface area contributed by atoms with Crippen molar-refractivity contribution >= 4 is 17.4 Å². The molecule has 0 aliphatic rings. The first-order valence-corrected chi connectivity index (χ1v) is 3.18. The molecule has 0 saturated carbocycles. The van der Waals surface area contributed by atoms with Gasteiger partial charge in [0.05, 0.1) is 0 Å². The van der Waals surface area contributed by atoms with Gasteiger partial charge < -0.3 is 0 Å². The van der Waals surface area contributed by atoms with E-state index in [9.17, 15) is 0 Å². The Labute approximate surface area is 64.4 Å². The minimum Gasteiger partial charge on any atom is -0.298 e. The van der Waals surface area contributed by atoms with Crippen LogP contribution in [0.15, 0.2) is 18.3 Å². The van der Waals surface area contributed by atoms with Crippen LogP contribution in [0.25, 0.3) is 0 Å². The molecule has 0 atom stereocenters. The largest absolute Gasteiger partial charge is 0.298 e. The van der Waals surface area contributed by atoms with Crippen molar-refractivity contribution in [3.8, 4) is 0 Å². The molecule has 1 aromatic heterocycles. The van der Waals surface area contributed by atoms with Crippen LogP contribution < -0.4 is 10.9 Å². The van der Waals surface area contributed by atoms with Gasteiger partial charge >= 0.3 is 0 Å². The van der Waals surface area contributed by atoms with Gasteiger partial charge in [0.2, 0.25) is 0 Å². The van der Waals surface area contributed by atoms with Crippen LogP contribution in [0.4, 0.5) is 5.82 Å². The molecule has 0 radical (unpaired) electrons. The lowest BCUT2D eigenvalue weighted by Gasteiger charge is -2.09. The Balaban J connectivity index is 2.96. The summed E-state index contributed by atoms with van der Waals surface area (Å²) in [6, 6.07) is 3.40. The van der Waals surface area contributed by atoms with Crippen molar-refractivity contribution in [1.29, 1.82) is 0 Å². The van der Waals surface area contributed by atoms with E-state index in [0.717, 1.165) is 0 Å². The van der Waals surface area contributed by atoms with Crippen molar-refractivity contribution in [2.75, 3.05) is 12.1 Å². The Morgan fingerprint density at radius 2 is 2.40 bits per heavy atom. The van der Waals surface area contributed by atoms with Crippen molar-refractivity contribution in [3.05, 3.63) is 23.4 Å². The molecule has 10 heavy (non-hydrogen) atoms. The number of rotatable bonds is 1. The van der Waals surface area contributed by atoms with Crippen LogP contribution in [0.3, 0.4) is 0 Å². The minimum atomic E-state index is 0.641. The summed E-state index contributed by atoms with van der Waals surface area (Å²) in [5.41, 5.74) is 0. The molecule has 0 bridgehead atoms. The second kappa shape index (κ2) is 2.86. The number of hydrogen-bond donors (Lipinski definition) is 1. The summed E-state index contributed by atoms with van der Waals surface area (Å²) in [6.07, 6.45) is 1.61. The molecule has 0 aliphatic heterocycles. The normalized spacial score (nSPS) is 9.50. The second-order valence-electron chi connectivity index (χ2n) is 1.94. The predicted molar refractivity (Wildman–Crippen MR) is 41.8 cm³/mol. The number of halogens is 1. The molecular formula is C6H8ClN3. The van der Waals surface area contributed by atoms with Crippen LogP contribution in [0.1, 0.15) is 0 Å². The van der Waals surface area contributed by atoms with Gasteiger partial charge in [0.25, 0.3) is 0 Å². The molecule has 54 valence electrons. The third-order valence-corrected chi connectivity index (χ3v) is 1.30. The number of anilines is 1. The van der Waals surface area contributed by atoms with Crippen LogP contribution in [0.2, 0.25) is 5.02 Å². The van der Waals surface area contributed by atoms with Crippen molar-refractivity contribution in [1.82, 2.24) is 4.98 Å². The fraction of sp³-hybridized carbons (Fsp3) is 0.167. The van der Waals surface area contributed by atoms with Crippen LogP contribution in [0.5, 0.6) is 0 Å². The maximum atomic E-state index is 5.67. The topological polar surface area (TPSA) is 42.1 Å². The summed E-state index contributed by atoms with van der Waals surface area (Å²) < 4.78 is 0. The highest BCUT2D eigenvalue weighted by molar-refractivity contribution is 6.30. The number of hydrazine groups is 1. The van der Waals surface area contributed by atoms with Crippen molar-refractivity contribution in [2.24, 2.45) is 5.84 Å². The number of pyridine rings is 1. The standard InChI is InChI=1S/C6H8ClN3/c1-10(8)6-4-5(7)2-3-9-6/h2-4H,8H2,1H3. The molecular weight excluding hydrogens is 150 g/mol. The minimum absolute atomic E-state index is 0.641. The summed E-state index contributed by atoms with van der Waals surface area (Å²) in [5.74, 6) is 6.05. The first kappa shape index (κ1) is 7.31. The average Bonchev–Trinajstić information content (AvgIpc) is 1.88. The summed E-state index contributed by atoms with van der Waals surface area (Å²) in [6.45, 7) is 0. The average molecular weight is 158 g/mol. The molecule has 0 saturated heterocycles. The molecule has 0 aromatic carbocycles. The lowest BCUT2D eigenvalue weighted by Crippen LogP contribution is -2.25. The smallest absolute Gasteiger partial charge is 0.143 e. The maximum absolute atomic E-state index is 5.67. The third-order valence-electron chi connectivity index (χ3n) is 1.07. The Bertz CT molecular complexity index is 224. The molecule has 0 aliphatic carbocycles. The van der Waals surface area contributed by atoms with Crippen LogP contribution in [-0.2, 0) is 0 Å². The Kier molecular flexibility index (Phi) is 2.09. The van der Waals surface area contributed by atoms with Gasteiger partial charge in [0, 0.05) is 24.3 Å². The van der Waals surface area contributed by atoms with Gasteiger partial charge in [-0.1, -0.05) is 11.6 Å². The van der Waals surface area contributed by atoms with E-state index in [-0.39, 0.29) is 0 Å². The molecule has 1 heterocycles. The van der Waals surface area contributed by atoms with Gasteiger partial charge in [-0.05, 0) is 6.07 Å². The van der Waals surface area contributed by atoms with E-state index in [1.54, 1.807) is 25.4 Å². The molecule has 0 spiro atoms. The van der Waals surface area contributed by atoms with Gasteiger partial charge in [-0.15, -0.1) is 0 Å². The highest BCUT2D eigenvalue weighted by Crippen LogP contribution is 2.12. The number of nitrogens with zero attached hydrogens (tertiary/aromatic N) is 2. The predicted octanol–water partition coefficient (Wildman–Crippen LogP) is 1.04. The molecule has 1 aromatic rings. The van der Waals surface area contributed by atoms with Crippen LogP contribution in [0, 0.1) is 0 Å². The van der Waals surface area contributed by atoms with Crippen molar-refractivity contribution in [2.45, 2.75) is 0 Å². The van der Waals surface area contributed by atoms with E-state index >= 15 is 0 Å². The zero-order chi connectivity index (χ0) is 7.56. The van der Waals surface area contributed by atoms with Gasteiger partial charge in [-0.25, -0.2) is 10.8 Å².